The van der Waals surface area contributed by atoms with Gasteiger partial charge in [0.25, 0.3) is 0 Å². The maximum Gasteiger partial charge on any atom is 0.494 e. The molecule has 0 aliphatic carbocycles. The lowest BCUT2D eigenvalue weighted by Crippen LogP contribution is -2.41. The number of methoxy groups -OCH3 is 1. The highest BCUT2D eigenvalue weighted by molar-refractivity contribution is 6.62. The molecular weight excluding hydrogens is 324 g/mol. The van der Waals surface area contributed by atoms with Gasteiger partial charge in [-0.2, -0.15) is 0 Å². The molecule has 138 valence electrons. The van der Waals surface area contributed by atoms with E-state index in [0.29, 0.717) is 37.0 Å². The van der Waals surface area contributed by atoms with Gasteiger partial charge in [0.2, 0.25) is 0 Å². The van der Waals surface area contributed by atoms with Crippen LogP contribution >= 0.6 is 0 Å². The summed E-state index contributed by atoms with van der Waals surface area (Å²) in [5.74, 6) is -0.535. The van der Waals surface area contributed by atoms with Gasteiger partial charge < -0.3 is 19.4 Å². The lowest BCUT2D eigenvalue weighted by molar-refractivity contribution is -0.140. The van der Waals surface area contributed by atoms with Crippen molar-refractivity contribution in [2.45, 2.75) is 58.3 Å². The molecule has 1 aromatic rings. The predicted molar refractivity (Wildman–Crippen MR) is 95.1 cm³/mol. The van der Waals surface area contributed by atoms with E-state index in [1.165, 1.54) is 13.2 Å². The number of hydrogen-bond donors (Lipinski definition) is 1. The molecule has 1 heterocycles. The minimum atomic E-state index is -0.568. The summed E-state index contributed by atoms with van der Waals surface area (Å²) in [7, 11) is 0.800. The van der Waals surface area contributed by atoms with Crippen LogP contribution in [0.2, 0.25) is 0 Å². The molecule has 1 fully saturated rings. The summed E-state index contributed by atoms with van der Waals surface area (Å²) in [5.41, 5.74) is 0.339. The Bertz CT molecular complexity index is 605. The number of benzene rings is 1. The number of halogens is 1. The molecule has 7 heteroatoms. The van der Waals surface area contributed by atoms with E-state index >= 15 is 0 Å². The Labute approximate surface area is 149 Å². The molecule has 1 aromatic carbocycles. The number of carbonyl (C=O) groups excluding carboxylic acids is 1. The normalized spacial score (nSPS) is 18.4. The minimum Gasteiger partial charge on any atom is -0.469 e. The molecule has 5 nitrogen and oxygen atoms in total. The van der Waals surface area contributed by atoms with Crippen molar-refractivity contribution < 1.29 is 23.2 Å². The molecule has 1 N–H and O–H groups in total. The molecule has 1 aliphatic rings. The zero-order valence-corrected chi connectivity index (χ0v) is 15.6. The Morgan fingerprint density at radius 3 is 2.44 bits per heavy atom. The number of rotatable bonds is 7. The predicted octanol–water partition coefficient (Wildman–Crippen LogP) is 2.17. The summed E-state index contributed by atoms with van der Waals surface area (Å²) in [6, 6.07) is 5.04. The third-order valence-corrected chi connectivity index (χ3v) is 4.88. The molecule has 2 rings (SSSR count). The fourth-order valence-corrected chi connectivity index (χ4v) is 2.52. The Morgan fingerprint density at radius 1 is 1.24 bits per heavy atom. The molecular formula is C18H27BFNO4. The van der Waals surface area contributed by atoms with Gasteiger partial charge in [0.15, 0.2) is 0 Å². The average molecular weight is 351 g/mol. The largest absolute Gasteiger partial charge is 0.494 e. The van der Waals surface area contributed by atoms with Gasteiger partial charge in [0.05, 0.1) is 18.3 Å². The van der Waals surface area contributed by atoms with Crippen LogP contribution in [0.5, 0.6) is 0 Å². The first-order chi connectivity index (χ1) is 11.7. The van der Waals surface area contributed by atoms with Crippen LogP contribution in [0.4, 0.5) is 4.39 Å². The quantitative estimate of drug-likeness (QED) is 0.464. The fraction of sp³-hybridized carbons (Fsp3) is 0.611. The van der Waals surface area contributed by atoms with Crippen molar-refractivity contribution >= 4 is 18.6 Å². The van der Waals surface area contributed by atoms with Crippen LogP contribution in [0, 0.1) is 5.82 Å². The van der Waals surface area contributed by atoms with Crippen molar-refractivity contribution in [3.05, 3.63) is 29.6 Å². The molecule has 0 unspecified atom stereocenters. The third kappa shape index (κ3) is 4.81. The second-order valence-corrected chi connectivity index (χ2v) is 7.30. The van der Waals surface area contributed by atoms with Gasteiger partial charge in [-0.15, -0.1) is 0 Å². The molecule has 0 saturated carbocycles. The van der Waals surface area contributed by atoms with E-state index in [0.717, 1.165) is 0 Å². The van der Waals surface area contributed by atoms with Crippen LogP contribution < -0.4 is 10.8 Å². The van der Waals surface area contributed by atoms with Crippen LogP contribution in [0.15, 0.2) is 18.2 Å². The molecule has 0 radical (unpaired) electrons. The number of hydrogen-bond acceptors (Lipinski definition) is 5. The van der Waals surface area contributed by atoms with Crippen molar-refractivity contribution in [3.8, 4) is 0 Å². The van der Waals surface area contributed by atoms with Crippen molar-refractivity contribution in [2.24, 2.45) is 0 Å². The minimum absolute atomic E-state index is 0.236. The van der Waals surface area contributed by atoms with Gasteiger partial charge in [-0.05, 0) is 52.2 Å². The highest BCUT2D eigenvalue weighted by Gasteiger charge is 2.51. The van der Waals surface area contributed by atoms with Crippen LogP contribution in [-0.2, 0) is 25.4 Å². The lowest BCUT2D eigenvalue weighted by atomic mass is 9.78. The van der Waals surface area contributed by atoms with E-state index < -0.39 is 18.3 Å². The standard InChI is InChI=1S/C18H27BFNO4/c1-17(2)18(3,4)25-19(24-17)14-9-8-13(15(20)11-14)12-21-10-6-7-16(22)23-5/h8-9,11,21H,6-7,10,12H2,1-5H3. The van der Waals surface area contributed by atoms with E-state index in [1.807, 2.05) is 33.8 Å². The molecule has 0 atom stereocenters. The smallest absolute Gasteiger partial charge is 0.469 e. The number of ether oxygens (including phenoxy) is 1. The number of esters is 1. The van der Waals surface area contributed by atoms with E-state index in [4.69, 9.17) is 9.31 Å². The Kier molecular flexibility index (Phi) is 6.24. The summed E-state index contributed by atoms with van der Waals surface area (Å²) in [6.45, 7) is 8.89. The highest BCUT2D eigenvalue weighted by Crippen LogP contribution is 2.36. The highest BCUT2D eigenvalue weighted by atomic mass is 19.1. The zero-order chi connectivity index (χ0) is 18.7. The first-order valence-electron chi connectivity index (χ1n) is 8.58. The zero-order valence-electron chi connectivity index (χ0n) is 15.6. The van der Waals surface area contributed by atoms with Crippen molar-refractivity contribution in [3.63, 3.8) is 0 Å². The Morgan fingerprint density at radius 2 is 1.88 bits per heavy atom. The Balaban J connectivity index is 1.90. The van der Waals surface area contributed by atoms with Gasteiger partial charge >= 0.3 is 13.1 Å². The number of carbonyl (C=O) groups is 1. The third-order valence-electron chi connectivity index (χ3n) is 4.88. The van der Waals surface area contributed by atoms with Crippen LogP contribution in [0.25, 0.3) is 0 Å². The maximum absolute atomic E-state index is 14.4. The molecule has 25 heavy (non-hydrogen) atoms. The van der Waals surface area contributed by atoms with E-state index in [9.17, 15) is 9.18 Å². The van der Waals surface area contributed by atoms with Gasteiger partial charge in [-0.25, -0.2) is 4.39 Å². The first-order valence-corrected chi connectivity index (χ1v) is 8.58. The average Bonchev–Trinajstić information content (AvgIpc) is 2.76. The van der Waals surface area contributed by atoms with Gasteiger partial charge in [-0.1, -0.05) is 12.1 Å². The maximum atomic E-state index is 14.4. The van der Waals surface area contributed by atoms with Crippen molar-refractivity contribution in [1.29, 1.82) is 0 Å². The van der Waals surface area contributed by atoms with Gasteiger partial charge in [0, 0.05) is 18.5 Å². The number of nitrogens with one attached hydrogen (secondary N) is 1. The Hall–Kier alpha value is -1.44. The fourth-order valence-electron chi connectivity index (χ4n) is 2.52. The van der Waals surface area contributed by atoms with Gasteiger partial charge in [0.1, 0.15) is 5.82 Å². The summed E-state index contributed by atoms with van der Waals surface area (Å²) >= 11 is 0. The summed E-state index contributed by atoms with van der Waals surface area (Å²) in [5, 5.41) is 3.13. The van der Waals surface area contributed by atoms with Gasteiger partial charge in [-0.3, -0.25) is 4.79 Å². The second-order valence-electron chi connectivity index (χ2n) is 7.30. The van der Waals surface area contributed by atoms with E-state index in [-0.39, 0.29) is 11.8 Å². The molecule has 0 spiro atoms. The second kappa shape index (κ2) is 7.85. The van der Waals surface area contributed by atoms with E-state index in [1.54, 1.807) is 6.07 Å². The molecule has 0 bridgehead atoms. The topological polar surface area (TPSA) is 56.8 Å². The molecule has 1 aliphatic heterocycles. The van der Waals surface area contributed by atoms with Crippen LogP contribution in [-0.4, -0.2) is 37.9 Å². The molecule has 0 amide bonds. The lowest BCUT2D eigenvalue weighted by Gasteiger charge is -2.32. The van der Waals surface area contributed by atoms with Crippen LogP contribution in [0.1, 0.15) is 46.1 Å². The van der Waals surface area contributed by atoms with Crippen LogP contribution in [0.3, 0.4) is 0 Å². The SMILES string of the molecule is COC(=O)CCCNCc1ccc(B2OC(C)(C)C(C)(C)O2)cc1F. The van der Waals surface area contributed by atoms with E-state index in [2.05, 4.69) is 10.1 Å². The van der Waals surface area contributed by atoms with Crippen molar-refractivity contribution in [2.75, 3.05) is 13.7 Å². The monoisotopic (exact) mass is 351 g/mol. The van der Waals surface area contributed by atoms with Crippen molar-refractivity contribution in [1.82, 2.24) is 5.32 Å². The summed E-state index contributed by atoms with van der Waals surface area (Å²) in [6.07, 6.45) is 1.01. The summed E-state index contributed by atoms with van der Waals surface area (Å²) in [4.78, 5) is 11.0. The molecule has 0 aromatic heterocycles. The summed E-state index contributed by atoms with van der Waals surface area (Å²) < 4.78 is 30.8. The molecule has 1 saturated heterocycles. The first kappa shape index (κ1) is 19.9.